The number of hydrogen-bond donors (Lipinski definition) is 1. The molecule has 1 aliphatic heterocycles. The zero-order valence-electron chi connectivity index (χ0n) is 13.7. The third-order valence-corrected chi connectivity index (χ3v) is 4.20. The average Bonchev–Trinajstić information content (AvgIpc) is 2.59. The predicted octanol–water partition coefficient (Wildman–Crippen LogP) is 1.49. The van der Waals surface area contributed by atoms with Crippen molar-refractivity contribution in [2.45, 2.75) is 25.9 Å². The number of carbonyl (C=O) groups excluding carboxylic acids is 2. The first-order chi connectivity index (χ1) is 11.0. The number of benzene rings is 1. The van der Waals surface area contributed by atoms with E-state index >= 15 is 0 Å². The van der Waals surface area contributed by atoms with Crippen LogP contribution >= 0.6 is 0 Å². The number of ether oxygens (including phenoxy) is 1. The second-order valence-corrected chi connectivity index (χ2v) is 5.80. The van der Waals surface area contributed by atoms with Gasteiger partial charge in [0.25, 0.3) is 5.91 Å². The molecule has 1 heterocycles. The monoisotopic (exact) mass is 320 g/mol. The van der Waals surface area contributed by atoms with Crippen LogP contribution in [0.15, 0.2) is 24.3 Å². The Morgan fingerprint density at radius 2 is 1.70 bits per heavy atom. The van der Waals surface area contributed by atoms with E-state index in [1.165, 1.54) is 12.1 Å². The summed E-state index contributed by atoms with van der Waals surface area (Å²) in [7, 11) is 1.64. The minimum Gasteiger partial charge on any atom is -0.508 e. The molecule has 0 radical (unpaired) electrons. The maximum absolute atomic E-state index is 12.4. The molecule has 1 aliphatic rings. The summed E-state index contributed by atoms with van der Waals surface area (Å²) >= 11 is 0. The Morgan fingerprint density at radius 1 is 1.13 bits per heavy atom. The molecule has 0 spiro atoms. The number of phenols is 1. The smallest absolute Gasteiger partial charge is 0.253 e. The van der Waals surface area contributed by atoms with E-state index in [0.717, 1.165) is 0 Å². The predicted molar refractivity (Wildman–Crippen MR) is 86.3 cm³/mol. The van der Waals surface area contributed by atoms with E-state index in [4.69, 9.17) is 4.74 Å². The lowest BCUT2D eigenvalue weighted by Crippen LogP contribution is -2.50. The van der Waals surface area contributed by atoms with Crippen LogP contribution in [0.2, 0.25) is 0 Å². The molecule has 2 rings (SSSR count). The summed E-state index contributed by atoms with van der Waals surface area (Å²) in [6.45, 7) is 4.13. The first-order valence-corrected chi connectivity index (χ1v) is 7.90. The number of phenolic OH excluding ortho intramolecular Hbond substituents is 1. The van der Waals surface area contributed by atoms with Gasteiger partial charge in [0.2, 0.25) is 5.91 Å². The van der Waals surface area contributed by atoms with Crippen LogP contribution in [0.5, 0.6) is 5.75 Å². The molecular weight excluding hydrogens is 296 g/mol. The second-order valence-electron chi connectivity index (χ2n) is 5.80. The molecule has 1 aromatic carbocycles. The van der Waals surface area contributed by atoms with Gasteiger partial charge in [-0.15, -0.1) is 0 Å². The molecular formula is C17H24N2O4. The lowest BCUT2D eigenvalue weighted by Gasteiger charge is -2.35. The van der Waals surface area contributed by atoms with Gasteiger partial charge in [0, 0.05) is 45.3 Å². The lowest BCUT2D eigenvalue weighted by molar-refractivity contribution is -0.133. The van der Waals surface area contributed by atoms with Gasteiger partial charge in [0.1, 0.15) is 5.75 Å². The molecule has 0 aliphatic carbocycles. The average molecular weight is 320 g/mol. The fraction of sp³-hybridized carbons (Fsp3) is 0.529. The number of methoxy groups -OCH3 is 1. The van der Waals surface area contributed by atoms with E-state index in [1.54, 1.807) is 24.1 Å². The summed E-state index contributed by atoms with van der Waals surface area (Å²) in [5, 5.41) is 9.27. The van der Waals surface area contributed by atoms with Gasteiger partial charge in [-0.2, -0.15) is 0 Å². The number of hydrogen-bond acceptors (Lipinski definition) is 4. The molecule has 1 fully saturated rings. The summed E-state index contributed by atoms with van der Waals surface area (Å²) in [6.07, 6.45) is 1.26. The van der Waals surface area contributed by atoms with Crippen molar-refractivity contribution in [3.63, 3.8) is 0 Å². The lowest BCUT2D eigenvalue weighted by atomic mass is 10.1. The van der Waals surface area contributed by atoms with Crippen LogP contribution in [0.4, 0.5) is 0 Å². The Hall–Kier alpha value is -2.08. The zero-order valence-corrected chi connectivity index (χ0v) is 13.7. The van der Waals surface area contributed by atoms with Crippen molar-refractivity contribution in [3.8, 4) is 5.75 Å². The molecule has 6 nitrogen and oxygen atoms in total. The molecule has 0 aromatic heterocycles. The van der Waals surface area contributed by atoms with Gasteiger partial charge in [-0.05, 0) is 37.6 Å². The summed E-state index contributed by atoms with van der Waals surface area (Å²) in [6, 6.07) is 6.23. The molecule has 126 valence electrons. The molecule has 1 unspecified atom stereocenters. The molecule has 1 aromatic rings. The molecule has 0 bridgehead atoms. The Bertz CT molecular complexity index is 536. The van der Waals surface area contributed by atoms with Gasteiger partial charge in [-0.1, -0.05) is 0 Å². The Kier molecular flexibility index (Phi) is 5.98. The molecule has 6 heteroatoms. The third kappa shape index (κ3) is 4.69. The van der Waals surface area contributed by atoms with Crippen molar-refractivity contribution in [2.75, 3.05) is 33.3 Å². The molecule has 1 saturated heterocycles. The number of rotatable bonds is 5. The van der Waals surface area contributed by atoms with Crippen molar-refractivity contribution >= 4 is 11.8 Å². The van der Waals surface area contributed by atoms with Crippen LogP contribution in [-0.4, -0.2) is 66.1 Å². The van der Waals surface area contributed by atoms with E-state index < -0.39 is 0 Å². The van der Waals surface area contributed by atoms with E-state index in [2.05, 4.69) is 0 Å². The highest BCUT2D eigenvalue weighted by atomic mass is 16.5. The summed E-state index contributed by atoms with van der Waals surface area (Å²) < 4.78 is 5.15. The van der Waals surface area contributed by atoms with Gasteiger partial charge in [0.15, 0.2) is 0 Å². The van der Waals surface area contributed by atoms with Gasteiger partial charge < -0.3 is 19.6 Å². The van der Waals surface area contributed by atoms with Gasteiger partial charge in [-0.3, -0.25) is 9.59 Å². The SMILES string of the molecule is COC(C)CCC(=O)N1CCN(C(=O)c2ccc(O)cc2)CC1. The topological polar surface area (TPSA) is 70.1 Å². The zero-order chi connectivity index (χ0) is 16.8. The number of carbonyl (C=O) groups is 2. The standard InChI is InChI=1S/C17H24N2O4/c1-13(23-2)3-8-16(21)18-9-11-19(12-10-18)17(22)14-4-6-15(20)7-5-14/h4-7,13,20H,3,8-12H2,1-2H3. The van der Waals surface area contributed by atoms with Crippen LogP contribution in [0.1, 0.15) is 30.1 Å². The fourth-order valence-electron chi connectivity index (χ4n) is 2.55. The number of aromatic hydroxyl groups is 1. The third-order valence-electron chi connectivity index (χ3n) is 4.20. The van der Waals surface area contributed by atoms with Crippen molar-refractivity contribution in [2.24, 2.45) is 0 Å². The Labute approximate surface area is 136 Å². The van der Waals surface area contributed by atoms with Crippen molar-refractivity contribution in [1.29, 1.82) is 0 Å². The highest BCUT2D eigenvalue weighted by molar-refractivity contribution is 5.94. The van der Waals surface area contributed by atoms with Crippen LogP contribution < -0.4 is 0 Å². The quantitative estimate of drug-likeness (QED) is 0.892. The van der Waals surface area contributed by atoms with Crippen molar-refractivity contribution in [3.05, 3.63) is 29.8 Å². The highest BCUT2D eigenvalue weighted by Crippen LogP contribution is 2.14. The minimum atomic E-state index is -0.0647. The Morgan fingerprint density at radius 3 is 2.26 bits per heavy atom. The van der Waals surface area contributed by atoms with E-state index in [0.29, 0.717) is 44.6 Å². The Balaban J connectivity index is 1.82. The fourth-order valence-corrected chi connectivity index (χ4v) is 2.55. The maximum atomic E-state index is 12.4. The van der Waals surface area contributed by atoms with Crippen molar-refractivity contribution in [1.82, 2.24) is 9.80 Å². The largest absolute Gasteiger partial charge is 0.508 e. The van der Waals surface area contributed by atoms with Crippen LogP contribution in [-0.2, 0) is 9.53 Å². The van der Waals surface area contributed by atoms with Crippen LogP contribution in [0, 0.1) is 0 Å². The molecule has 23 heavy (non-hydrogen) atoms. The van der Waals surface area contributed by atoms with E-state index in [-0.39, 0.29) is 23.7 Å². The molecule has 0 saturated carbocycles. The summed E-state index contributed by atoms with van der Waals surface area (Å²) in [4.78, 5) is 28.1. The number of amides is 2. The van der Waals surface area contributed by atoms with Crippen molar-refractivity contribution < 1.29 is 19.4 Å². The highest BCUT2D eigenvalue weighted by Gasteiger charge is 2.24. The van der Waals surface area contributed by atoms with Gasteiger partial charge >= 0.3 is 0 Å². The first-order valence-electron chi connectivity index (χ1n) is 7.90. The minimum absolute atomic E-state index is 0.0647. The number of piperazine rings is 1. The van der Waals surface area contributed by atoms with E-state index in [1.807, 2.05) is 11.8 Å². The summed E-state index contributed by atoms with van der Waals surface area (Å²) in [5.74, 6) is 0.193. The summed E-state index contributed by atoms with van der Waals surface area (Å²) in [5.41, 5.74) is 0.552. The molecule has 1 atom stereocenters. The number of nitrogens with zero attached hydrogens (tertiary/aromatic N) is 2. The second kappa shape index (κ2) is 7.97. The normalized spacial score (nSPS) is 16.3. The van der Waals surface area contributed by atoms with Crippen LogP contribution in [0.25, 0.3) is 0 Å². The van der Waals surface area contributed by atoms with Gasteiger partial charge in [0.05, 0.1) is 6.10 Å². The van der Waals surface area contributed by atoms with Crippen LogP contribution in [0.3, 0.4) is 0 Å². The molecule has 2 amide bonds. The first kappa shape index (κ1) is 17.3. The maximum Gasteiger partial charge on any atom is 0.253 e. The van der Waals surface area contributed by atoms with E-state index in [9.17, 15) is 14.7 Å². The molecule has 1 N–H and O–H groups in total. The van der Waals surface area contributed by atoms with Gasteiger partial charge in [-0.25, -0.2) is 0 Å².